The van der Waals surface area contributed by atoms with Crippen molar-refractivity contribution >= 4 is 0 Å². The smallest absolute Gasteiger partial charge is 0.416 e. The fourth-order valence-electron chi connectivity index (χ4n) is 1.69. The van der Waals surface area contributed by atoms with E-state index in [1.54, 1.807) is 0 Å². The highest BCUT2D eigenvalue weighted by molar-refractivity contribution is 5.35. The number of alkyl halides is 3. The maximum Gasteiger partial charge on any atom is 0.416 e. The molecule has 2 aromatic rings. The predicted molar refractivity (Wildman–Crippen MR) is 68.2 cm³/mol. The summed E-state index contributed by atoms with van der Waals surface area (Å²) in [4.78, 5) is 22.0. The van der Waals surface area contributed by atoms with E-state index in [1.165, 1.54) is 13.0 Å². The van der Waals surface area contributed by atoms with Gasteiger partial charge in [-0.1, -0.05) is 0 Å². The van der Waals surface area contributed by atoms with Crippen LogP contribution >= 0.6 is 0 Å². The van der Waals surface area contributed by atoms with Crippen molar-refractivity contribution in [2.24, 2.45) is 0 Å². The molecule has 112 valence electrons. The van der Waals surface area contributed by atoms with Gasteiger partial charge in [0.25, 0.3) is 0 Å². The summed E-state index contributed by atoms with van der Waals surface area (Å²) in [5.74, 6) is 0.0226. The molecular weight excluding hydrogens is 289 g/mol. The molecule has 1 aromatic heterocycles. The van der Waals surface area contributed by atoms with Gasteiger partial charge < -0.3 is 4.74 Å². The molecular formula is C13H11F3N2O3. The van der Waals surface area contributed by atoms with Crippen LogP contribution in [0.2, 0.25) is 0 Å². The van der Waals surface area contributed by atoms with Gasteiger partial charge in [-0.2, -0.15) is 13.2 Å². The highest BCUT2D eigenvalue weighted by atomic mass is 19.4. The van der Waals surface area contributed by atoms with Gasteiger partial charge in [0.05, 0.1) is 11.3 Å². The van der Waals surface area contributed by atoms with Crippen molar-refractivity contribution < 1.29 is 17.9 Å². The zero-order valence-corrected chi connectivity index (χ0v) is 10.9. The van der Waals surface area contributed by atoms with E-state index in [2.05, 4.69) is 10.2 Å². The third kappa shape index (κ3) is 3.74. The van der Waals surface area contributed by atoms with Gasteiger partial charge in [-0.15, -0.1) is 0 Å². The van der Waals surface area contributed by atoms with Gasteiger partial charge >= 0.3 is 11.7 Å². The summed E-state index contributed by atoms with van der Waals surface area (Å²) in [5.41, 5.74) is -1.74. The number of halogens is 3. The molecule has 1 aromatic carbocycles. The van der Waals surface area contributed by atoms with Crippen LogP contribution in [0.4, 0.5) is 13.2 Å². The molecule has 0 spiro atoms. The van der Waals surface area contributed by atoms with E-state index in [0.29, 0.717) is 5.56 Å². The zero-order chi connectivity index (χ0) is 15.6. The van der Waals surface area contributed by atoms with Crippen LogP contribution in [0.25, 0.3) is 0 Å². The van der Waals surface area contributed by atoms with Gasteiger partial charge in [-0.3, -0.25) is 19.8 Å². The van der Waals surface area contributed by atoms with Crippen molar-refractivity contribution in [3.05, 3.63) is 61.7 Å². The Morgan fingerprint density at radius 1 is 1.10 bits per heavy atom. The molecule has 2 N–H and O–H groups in total. The number of ether oxygens (including phenoxy) is 1. The molecule has 0 radical (unpaired) electrons. The summed E-state index contributed by atoms with van der Waals surface area (Å²) < 4.78 is 43.2. The Hall–Kier alpha value is -2.51. The van der Waals surface area contributed by atoms with Crippen molar-refractivity contribution in [2.75, 3.05) is 0 Å². The number of benzene rings is 1. The first-order chi connectivity index (χ1) is 9.75. The first-order valence-corrected chi connectivity index (χ1v) is 5.88. The molecule has 1 heterocycles. The summed E-state index contributed by atoms with van der Waals surface area (Å²) in [7, 11) is 0. The summed E-state index contributed by atoms with van der Waals surface area (Å²) in [6.45, 7) is 1.34. The van der Waals surface area contributed by atoms with Crippen LogP contribution in [0.3, 0.4) is 0 Å². The minimum Gasteiger partial charge on any atom is -0.487 e. The van der Waals surface area contributed by atoms with Crippen molar-refractivity contribution in [3.63, 3.8) is 0 Å². The molecule has 0 bridgehead atoms. The Morgan fingerprint density at radius 3 is 2.43 bits per heavy atom. The topological polar surface area (TPSA) is 75.0 Å². The number of hydrogen-bond donors (Lipinski definition) is 2. The lowest BCUT2D eigenvalue weighted by molar-refractivity contribution is -0.137. The minimum atomic E-state index is -4.46. The Kier molecular flexibility index (Phi) is 3.88. The zero-order valence-electron chi connectivity index (χ0n) is 10.9. The van der Waals surface area contributed by atoms with E-state index in [4.69, 9.17) is 4.74 Å². The van der Waals surface area contributed by atoms with Crippen LogP contribution < -0.4 is 15.7 Å². The SMILES string of the molecule is Cc1cc(OCc2cc(=O)c(=O)[nH][nH]2)cc(C(F)(F)F)c1. The Morgan fingerprint density at radius 2 is 1.81 bits per heavy atom. The van der Waals surface area contributed by atoms with Crippen LogP contribution in [-0.4, -0.2) is 10.2 Å². The number of hydrogen-bond acceptors (Lipinski definition) is 3. The quantitative estimate of drug-likeness (QED) is 0.851. The normalized spacial score (nSPS) is 11.4. The molecule has 0 atom stereocenters. The first kappa shape index (κ1) is 14.9. The summed E-state index contributed by atoms with van der Waals surface area (Å²) in [6, 6.07) is 4.35. The first-order valence-electron chi connectivity index (χ1n) is 5.88. The van der Waals surface area contributed by atoms with Gasteiger partial charge in [-0.25, -0.2) is 0 Å². The molecule has 0 amide bonds. The van der Waals surface area contributed by atoms with Gasteiger partial charge in [0.2, 0.25) is 5.43 Å². The lowest BCUT2D eigenvalue weighted by Crippen LogP contribution is -2.28. The average molecular weight is 300 g/mol. The highest BCUT2D eigenvalue weighted by Gasteiger charge is 2.31. The molecule has 2 rings (SSSR count). The lowest BCUT2D eigenvalue weighted by atomic mass is 10.1. The van der Waals surface area contributed by atoms with E-state index in [-0.39, 0.29) is 18.1 Å². The van der Waals surface area contributed by atoms with E-state index in [0.717, 1.165) is 18.2 Å². The molecule has 5 nitrogen and oxygen atoms in total. The second kappa shape index (κ2) is 5.47. The fraction of sp³-hybridized carbons (Fsp3) is 0.231. The van der Waals surface area contributed by atoms with Crippen LogP contribution in [0.5, 0.6) is 5.75 Å². The minimum absolute atomic E-state index is 0.0226. The summed E-state index contributed by atoms with van der Waals surface area (Å²) >= 11 is 0. The third-order valence-corrected chi connectivity index (χ3v) is 2.64. The molecule has 0 aliphatic rings. The highest BCUT2D eigenvalue weighted by Crippen LogP contribution is 2.32. The maximum absolute atomic E-state index is 12.7. The monoisotopic (exact) mass is 300 g/mol. The maximum atomic E-state index is 12.7. The van der Waals surface area contributed by atoms with E-state index < -0.39 is 22.7 Å². The van der Waals surface area contributed by atoms with Crippen molar-refractivity contribution in [1.29, 1.82) is 0 Å². The lowest BCUT2D eigenvalue weighted by Gasteiger charge is -2.11. The fourth-order valence-corrected chi connectivity index (χ4v) is 1.69. The van der Waals surface area contributed by atoms with Crippen LogP contribution in [0.15, 0.2) is 33.9 Å². The molecule has 0 aliphatic heterocycles. The summed E-state index contributed by atoms with van der Waals surface area (Å²) in [5, 5.41) is 4.52. The van der Waals surface area contributed by atoms with E-state index in [9.17, 15) is 22.8 Å². The van der Waals surface area contributed by atoms with Gasteiger partial charge in [0.15, 0.2) is 0 Å². The number of aromatic amines is 2. The number of rotatable bonds is 3. The standard InChI is InChI=1S/C13H11F3N2O3/c1-7-2-8(13(14,15)16)4-10(3-7)21-6-9-5-11(19)12(20)18-17-9/h2-5H,6H2,1H3,(H,17,19)(H,18,20). The Labute approximate surface area is 116 Å². The number of nitrogens with one attached hydrogen (secondary N) is 2. The van der Waals surface area contributed by atoms with Crippen LogP contribution in [0, 0.1) is 6.92 Å². The number of H-pyrrole nitrogens is 2. The molecule has 0 saturated heterocycles. The van der Waals surface area contributed by atoms with Crippen LogP contribution in [0.1, 0.15) is 16.8 Å². The molecule has 0 aliphatic carbocycles. The molecule has 8 heteroatoms. The Balaban J connectivity index is 2.20. The second-order valence-corrected chi connectivity index (χ2v) is 4.43. The van der Waals surface area contributed by atoms with Gasteiger partial charge in [0, 0.05) is 6.07 Å². The summed E-state index contributed by atoms with van der Waals surface area (Å²) in [6.07, 6.45) is -4.46. The van der Waals surface area contributed by atoms with Crippen molar-refractivity contribution in [1.82, 2.24) is 10.2 Å². The van der Waals surface area contributed by atoms with E-state index in [1.807, 2.05) is 0 Å². The van der Waals surface area contributed by atoms with Crippen molar-refractivity contribution in [2.45, 2.75) is 19.7 Å². The largest absolute Gasteiger partial charge is 0.487 e. The predicted octanol–water partition coefficient (Wildman–Crippen LogP) is 1.97. The van der Waals surface area contributed by atoms with Crippen LogP contribution in [-0.2, 0) is 12.8 Å². The second-order valence-electron chi connectivity index (χ2n) is 4.43. The molecule has 0 fully saturated rings. The number of aryl methyl sites for hydroxylation is 1. The van der Waals surface area contributed by atoms with Gasteiger partial charge in [-0.05, 0) is 30.7 Å². The van der Waals surface area contributed by atoms with Gasteiger partial charge in [0.1, 0.15) is 12.4 Å². The third-order valence-electron chi connectivity index (χ3n) is 2.64. The number of aromatic nitrogens is 2. The van der Waals surface area contributed by atoms with E-state index >= 15 is 0 Å². The Bertz CT molecular complexity index is 762. The molecule has 21 heavy (non-hydrogen) atoms. The molecule has 0 saturated carbocycles. The molecule has 0 unspecified atom stereocenters. The van der Waals surface area contributed by atoms with Crippen molar-refractivity contribution in [3.8, 4) is 5.75 Å². The average Bonchev–Trinajstić information content (AvgIpc) is 2.38.